The van der Waals surface area contributed by atoms with Gasteiger partial charge in [0.2, 0.25) is 0 Å². The third kappa shape index (κ3) is 6.19. The van der Waals surface area contributed by atoms with E-state index in [0.717, 1.165) is 12.8 Å². The monoisotopic (exact) mass is 359 g/mol. The summed E-state index contributed by atoms with van der Waals surface area (Å²) < 4.78 is 11.1. The first kappa shape index (κ1) is 21.1. The van der Waals surface area contributed by atoms with Crippen molar-refractivity contribution < 1.29 is 19.1 Å². The lowest BCUT2D eigenvalue weighted by Gasteiger charge is -2.35. The molecule has 0 spiro atoms. The number of carbonyl (C=O) groups excluding carboxylic acids is 2. The van der Waals surface area contributed by atoms with Gasteiger partial charge < -0.3 is 14.4 Å². The van der Waals surface area contributed by atoms with Gasteiger partial charge in [-0.1, -0.05) is 6.92 Å². The van der Waals surface area contributed by atoms with Crippen molar-refractivity contribution in [2.24, 2.45) is 5.92 Å². The molecule has 140 valence electrons. The molecule has 1 fully saturated rings. The molecule has 0 bridgehead atoms. The number of rotatable bonds is 4. The summed E-state index contributed by atoms with van der Waals surface area (Å²) in [6, 6.07) is -0.00244. The van der Waals surface area contributed by atoms with Crippen LogP contribution in [0.4, 0.5) is 4.79 Å². The second kappa shape index (κ2) is 7.98. The molecule has 0 aliphatic carbocycles. The molecule has 0 radical (unpaired) electrons. The van der Waals surface area contributed by atoms with Crippen LogP contribution in [0.25, 0.3) is 0 Å². The van der Waals surface area contributed by atoms with Crippen molar-refractivity contribution >= 4 is 23.8 Å². The van der Waals surface area contributed by atoms with E-state index in [1.54, 1.807) is 16.7 Å². The Morgan fingerprint density at radius 1 is 1.08 bits per heavy atom. The molecule has 3 atom stereocenters. The minimum Gasteiger partial charge on any atom is -0.460 e. The fourth-order valence-corrected chi connectivity index (χ4v) is 4.02. The molecule has 5 nitrogen and oxygen atoms in total. The molecule has 0 unspecified atom stereocenters. The third-order valence-electron chi connectivity index (χ3n) is 3.85. The molecule has 0 N–H and O–H groups in total. The van der Waals surface area contributed by atoms with Crippen LogP contribution < -0.4 is 0 Å². The predicted molar refractivity (Wildman–Crippen MR) is 98.3 cm³/mol. The number of ether oxygens (including phenoxy) is 2. The van der Waals surface area contributed by atoms with Crippen LogP contribution in [0.1, 0.15) is 61.3 Å². The van der Waals surface area contributed by atoms with E-state index >= 15 is 0 Å². The molecule has 24 heavy (non-hydrogen) atoms. The van der Waals surface area contributed by atoms with E-state index in [2.05, 4.69) is 0 Å². The summed E-state index contributed by atoms with van der Waals surface area (Å²) in [4.78, 5) is 26.7. The van der Waals surface area contributed by atoms with Crippen LogP contribution in [0, 0.1) is 5.92 Å². The predicted octanol–water partition coefficient (Wildman–Crippen LogP) is 4.10. The molecule has 0 aromatic rings. The molecular formula is C18H33NO4S. The number of hydrogen-bond acceptors (Lipinski definition) is 5. The molecular weight excluding hydrogens is 326 g/mol. The average Bonchev–Trinajstić information content (AvgIpc) is 2.84. The van der Waals surface area contributed by atoms with Gasteiger partial charge in [-0.2, -0.15) is 11.8 Å². The lowest BCUT2D eigenvalue weighted by molar-refractivity contribution is -0.159. The molecule has 1 saturated heterocycles. The largest absolute Gasteiger partial charge is 0.460 e. The van der Waals surface area contributed by atoms with E-state index in [4.69, 9.17) is 9.47 Å². The van der Waals surface area contributed by atoms with Crippen molar-refractivity contribution in [2.75, 3.05) is 12.8 Å². The molecule has 1 aliphatic heterocycles. The van der Waals surface area contributed by atoms with E-state index in [9.17, 15) is 9.59 Å². The quantitative estimate of drug-likeness (QED) is 0.708. The second-order valence-electron chi connectivity index (χ2n) is 8.41. The molecule has 6 heteroatoms. The Bertz CT molecular complexity index is 453. The minimum absolute atomic E-state index is 0.00244. The first-order valence-electron chi connectivity index (χ1n) is 8.61. The Balaban J connectivity index is 2.85. The number of amides is 1. The zero-order chi connectivity index (χ0) is 18.7. The van der Waals surface area contributed by atoms with Crippen molar-refractivity contribution in [2.45, 2.75) is 83.8 Å². The Hall–Kier alpha value is -0.910. The third-order valence-corrected chi connectivity index (χ3v) is 5.12. The fourth-order valence-electron chi connectivity index (χ4n) is 2.90. The van der Waals surface area contributed by atoms with Gasteiger partial charge in [0.15, 0.2) is 0 Å². The van der Waals surface area contributed by atoms with Gasteiger partial charge in [0.05, 0.1) is 5.92 Å². The van der Waals surface area contributed by atoms with E-state index in [1.165, 1.54) is 0 Å². The van der Waals surface area contributed by atoms with Crippen LogP contribution in [0.5, 0.6) is 0 Å². The lowest BCUT2D eigenvalue weighted by atomic mass is 9.99. The highest BCUT2D eigenvalue weighted by molar-refractivity contribution is 7.99. The van der Waals surface area contributed by atoms with Gasteiger partial charge in [-0.15, -0.1) is 0 Å². The fraction of sp³-hybridized carbons (Fsp3) is 0.889. The summed E-state index contributed by atoms with van der Waals surface area (Å²) >= 11 is 1.62. The summed E-state index contributed by atoms with van der Waals surface area (Å²) in [6.45, 7) is 13.8. The van der Waals surface area contributed by atoms with Crippen molar-refractivity contribution in [1.82, 2.24) is 4.90 Å². The summed E-state index contributed by atoms with van der Waals surface area (Å²) in [5.41, 5.74) is -1.02. The Morgan fingerprint density at radius 3 is 2.08 bits per heavy atom. The van der Waals surface area contributed by atoms with Crippen molar-refractivity contribution in [3.8, 4) is 0 Å². The highest BCUT2D eigenvalue weighted by Crippen LogP contribution is 2.33. The SMILES string of the molecule is CS[C@H]([C@@H](C)C(=O)OC(C)(C)C)[C@@H]1CCCN1C(=O)OC(C)(C)C. The average molecular weight is 360 g/mol. The molecule has 0 saturated carbocycles. The minimum atomic E-state index is -0.518. The van der Waals surface area contributed by atoms with Gasteiger partial charge in [-0.05, 0) is 60.6 Å². The summed E-state index contributed by atoms with van der Waals surface area (Å²) in [7, 11) is 0. The van der Waals surface area contributed by atoms with Gasteiger partial charge in [-0.25, -0.2) is 4.79 Å². The number of nitrogens with zero attached hydrogens (tertiary/aromatic N) is 1. The van der Waals surface area contributed by atoms with Crippen LogP contribution in [-0.2, 0) is 14.3 Å². The molecule has 1 rings (SSSR count). The zero-order valence-corrected chi connectivity index (χ0v) is 17.2. The Labute approximate surface area is 150 Å². The van der Waals surface area contributed by atoms with Crippen LogP contribution in [0.15, 0.2) is 0 Å². The number of thioether (sulfide) groups is 1. The number of hydrogen-bond donors (Lipinski definition) is 0. The van der Waals surface area contributed by atoms with E-state index in [-0.39, 0.29) is 29.3 Å². The first-order chi connectivity index (χ1) is 10.9. The Kier molecular flexibility index (Phi) is 7.03. The van der Waals surface area contributed by atoms with Crippen LogP contribution in [-0.4, -0.2) is 52.3 Å². The number of likely N-dealkylation sites (tertiary alicyclic amines) is 1. The molecule has 0 aromatic heterocycles. The number of esters is 1. The van der Waals surface area contributed by atoms with Gasteiger partial charge in [0.25, 0.3) is 0 Å². The van der Waals surface area contributed by atoms with E-state index < -0.39 is 11.2 Å². The van der Waals surface area contributed by atoms with Gasteiger partial charge in [0.1, 0.15) is 11.2 Å². The molecule has 0 aromatic carbocycles. The van der Waals surface area contributed by atoms with Crippen LogP contribution in [0.2, 0.25) is 0 Å². The van der Waals surface area contributed by atoms with Gasteiger partial charge in [-0.3, -0.25) is 4.79 Å². The molecule has 1 heterocycles. The maximum atomic E-state index is 12.5. The zero-order valence-electron chi connectivity index (χ0n) is 16.3. The highest BCUT2D eigenvalue weighted by atomic mass is 32.2. The maximum Gasteiger partial charge on any atom is 0.410 e. The second-order valence-corrected chi connectivity index (χ2v) is 9.42. The summed E-state index contributed by atoms with van der Waals surface area (Å²) in [5.74, 6) is -0.495. The van der Waals surface area contributed by atoms with Crippen molar-refractivity contribution in [1.29, 1.82) is 0 Å². The Morgan fingerprint density at radius 2 is 1.62 bits per heavy atom. The maximum absolute atomic E-state index is 12.5. The van der Waals surface area contributed by atoms with Gasteiger partial charge in [0, 0.05) is 17.8 Å². The van der Waals surface area contributed by atoms with Crippen LogP contribution in [0.3, 0.4) is 0 Å². The molecule has 1 amide bonds. The summed E-state index contributed by atoms with van der Waals surface area (Å²) in [5, 5.41) is -0.00475. The highest BCUT2D eigenvalue weighted by Gasteiger charge is 2.41. The molecule has 1 aliphatic rings. The van der Waals surface area contributed by atoms with E-state index in [1.807, 2.05) is 54.7 Å². The lowest BCUT2D eigenvalue weighted by Crippen LogP contribution is -2.47. The standard InChI is InChI=1S/C18H33NO4S/c1-12(15(20)22-17(2,3)4)14(24-8)13-10-9-11-19(13)16(21)23-18(5,6)7/h12-14H,9-11H2,1-8H3/t12-,13+,14-/m1/s1. The smallest absolute Gasteiger partial charge is 0.410 e. The normalized spacial score (nSPS) is 21.3. The van der Waals surface area contributed by atoms with Crippen LogP contribution >= 0.6 is 11.8 Å². The number of carbonyl (C=O) groups is 2. The van der Waals surface area contributed by atoms with E-state index in [0.29, 0.717) is 6.54 Å². The van der Waals surface area contributed by atoms with Crippen molar-refractivity contribution in [3.05, 3.63) is 0 Å². The summed E-state index contributed by atoms with van der Waals surface area (Å²) in [6.07, 6.45) is 3.51. The first-order valence-corrected chi connectivity index (χ1v) is 9.90. The topological polar surface area (TPSA) is 55.8 Å². The van der Waals surface area contributed by atoms with Crippen molar-refractivity contribution in [3.63, 3.8) is 0 Å². The van der Waals surface area contributed by atoms with Gasteiger partial charge >= 0.3 is 12.1 Å².